The predicted octanol–water partition coefficient (Wildman–Crippen LogP) is 4.84. The average molecular weight is 468 g/mol. The van der Waals surface area contributed by atoms with Crippen LogP contribution in [0.25, 0.3) is 5.65 Å². The van der Waals surface area contributed by atoms with E-state index in [2.05, 4.69) is 10.3 Å². The van der Waals surface area contributed by atoms with Crippen LogP contribution in [0.15, 0.2) is 12.1 Å². The Morgan fingerprint density at radius 1 is 1.30 bits per heavy atom. The summed E-state index contributed by atoms with van der Waals surface area (Å²) in [6, 6.07) is 4.63. The van der Waals surface area contributed by atoms with Crippen LogP contribution in [0.2, 0.25) is 0 Å². The molecular weight excluding hydrogens is 440 g/mol. The predicted molar refractivity (Wildman–Crippen MR) is 114 cm³/mol. The van der Waals surface area contributed by atoms with E-state index in [-0.39, 0.29) is 67.2 Å². The largest absolute Gasteiger partial charge is 0.377 e. The number of pyridine rings is 1. The van der Waals surface area contributed by atoms with Gasteiger partial charge in [0.15, 0.2) is 0 Å². The van der Waals surface area contributed by atoms with Crippen LogP contribution in [0.4, 0.5) is 17.6 Å². The Labute approximate surface area is 189 Å². The summed E-state index contributed by atoms with van der Waals surface area (Å²) in [5.74, 6) is -6.76. The van der Waals surface area contributed by atoms with Gasteiger partial charge in [-0.3, -0.25) is 9.20 Å². The number of rotatable bonds is 7. The molecule has 1 fully saturated rings. The van der Waals surface area contributed by atoms with Gasteiger partial charge < -0.3 is 10.1 Å². The molecule has 0 saturated heterocycles. The van der Waals surface area contributed by atoms with E-state index in [1.165, 1.54) is 23.6 Å². The lowest BCUT2D eigenvalue weighted by atomic mass is 9.83. The summed E-state index contributed by atoms with van der Waals surface area (Å²) in [5.41, 5.74) is -0.885. The second kappa shape index (κ2) is 8.93. The highest BCUT2D eigenvalue weighted by Gasteiger charge is 2.38. The third-order valence-electron chi connectivity index (χ3n) is 6.15. The van der Waals surface area contributed by atoms with Gasteiger partial charge in [-0.1, -0.05) is 0 Å². The highest BCUT2D eigenvalue weighted by atomic mass is 19.3. The van der Waals surface area contributed by atoms with Crippen LogP contribution in [0.1, 0.15) is 73.9 Å². The summed E-state index contributed by atoms with van der Waals surface area (Å²) in [6.07, 6.45) is -0.0868. The molecule has 6 nitrogen and oxygen atoms in total. The third-order valence-corrected chi connectivity index (χ3v) is 6.15. The minimum Gasteiger partial charge on any atom is -0.377 e. The van der Waals surface area contributed by atoms with E-state index in [9.17, 15) is 27.6 Å². The monoisotopic (exact) mass is 468 g/mol. The first-order valence-electron chi connectivity index (χ1n) is 10.8. The number of nitriles is 1. The number of aromatic nitrogens is 2. The van der Waals surface area contributed by atoms with Gasteiger partial charge >= 0.3 is 0 Å². The molecule has 1 aliphatic carbocycles. The van der Waals surface area contributed by atoms with Crippen molar-refractivity contribution in [2.75, 3.05) is 13.7 Å². The molecule has 1 saturated carbocycles. The first-order valence-corrected chi connectivity index (χ1v) is 10.8. The molecule has 1 aliphatic rings. The molecule has 0 spiro atoms. The van der Waals surface area contributed by atoms with Crippen molar-refractivity contribution in [1.82, 2.24) is 14.7 Å². The number of carbonyl (C=O) groups is 1. The summed E-state index contributed by atoms with van der Waals surface area (Å²) in [6.45, 7) is 4.48. The van der Waals surface area contributed by atoms with Crippen molar-refractivity contribution in [3.8, 4) is 6.07 Å². The molecule has 1 amide bonds. The molecule has 2 heterocycles. The van der Waals surface area contributed by atoms with Crippen LogP contribution in [0.5, 0.6) is 0 Å². The number of halogens is 4. The molecule has 10 heteroatoms. The van der Waals surface area contributed by atoms with E-state index < -0.39 is 29.0 Å². The molecule has 0 aromatic carbocycles. The fourth-order valence-electron chi connectivity index (χ4n) is 4.03. The van der Waals surface area contributed by atoms with Gasteiger partial charge in [-0.2, -0.15) is 14.0 Å². The fraction of sp³-hybridized carbons (Fsp3) is 0.609. The Hall–Kier alpha value is -2.67. The van der Waals surface area contributed by atoms with Gasteiger partial charge in [-0.25, -0.2) is 13.8 Å². The zero-order valence-electron chi connectivity index (χ0n) is 19.1. The van der Waals surface area contributed by atoms with Gasteiger partial charge in [0.25, 0.3) is 11.8 Å². The van der Waals surface area contributed by atoms with Crippen molar-refractivity contribution >= 4 is 11.6 Å². The number of nitrogens with zero attached hydrogens (tertiary/aromatic N) is 3. The number of hydrogen-bond acceptors (Lipinski definition) is 4. The number of methoxy groups -OCH3 is 1. The molecule has 3 rings (SSSR count). The molecule has 0 aliphatic heterocycles. The van der Waals surface area contributed by atoms with Crippen molar-refractivity contribution in [2.45, 2.75) is 70.3 Å². The number of nitrogens with one attached hydrogen (secondary N) is 1. The van der Waals surface area contributed by atoms with Crippen molar-refractivity contribution in [2.24, 2.45) is 5.92 Å². The second-order valence-corrected chi connectivity index (χ2v) is 9.38. The molecule has 1 N–H and O–H groups in total. The molecule has 180 valence electrons. The molecule has 0 radical (unpaired) electrons. The van der Waals surface area contributed by atoms with Crippen molar-refractivity contribution in [3.05, 3.63) is 34.8 Å². The van der Waals surface area contributed by atoms with Gasteiger partial charge in [0, 0.05) is 39.0 Å². The number of alkyl halides is 4. The normalized spacial score (nSPS) is 17.2. The topological polar surface area (TPSA) is 79.4 Å². The van der Waals surface area contributed by atoms with Gasteiger partial charge in [0.1, 0.15) is 23.1 Å². The van der Waals surface area contributed by atoms with E-state index in [1.807, 2.05) is 6.07 Å². The molecule has 2 aromatic rings. The number of hydrogen-bond donors (Lipinski definition) is 1. The minimum atomic E-state index is -3.31. The van der Waals surface area contributed by atoms with Crippen LogP contribution in [0, 0.1) is 17.2 Å². The Balaban J connectivity index is 2.00. The summed E-state index contributed by atoms with van der Waals surface area (Å²) in [7, 11) is 1.51. The van der Waals surface area contributed by atoms with Gasteiger partial charge in [-0.15, -0.1) is 0 Å². The van der Waals surface area contributed by atoms with Crippen LogP contribution in [-0.2, 0) is 17.1 Å². The first kappa shape index (κ1) is 25.0. The van der Waals surface area contributed by atoms with Crippen molar-refractivity contribution in [1.29, 1.82) is 5.26 Å². The number of fused-ring (bicyclic) bond motifs is 1. The van der Waals surface area contributed by atoms with Crippen LogP contribution < -0.4 is 5.32 Å². The van der Waals surface area contributed by atoms with Gasteiger partial charge in [-0.05, 0) is 51.2 Å². The Morgan fingerprint density at radius 3 is 2.48 bits per heavy atom. The first-order chi connectivity index (χ1) is 15.3. The van der Waals surface area contributed by atoms with Gasteiger partial charge in [0.2, 0.25) is 5.92 Å². The zero-order valence-corrected chi connectivity index (χ0v) is 19.1. The van der Waals surface area contributed by atoms with E-state index in [1.54, 1.807) is 13.8 Å². The van der Waals surface area contributed by atoms with Crippen LogP contribution in [0.3, 0.4) is 0 Å². The zero-order chi connectivity index (χ0) is 24.6. The number of ether oxygens (including phenoxy) is 1. The molecule has 0 bridgehead atoms. The van der Waals surface area contributed by atoms with E-state index in [0.29, 0.717) is 6.92 Å². The highest BCUT2D eigenvalue weighted by molar-refractivity contribution is 5.95. The quantitative estimate of drug-likeness (QED) is 0.590. The SMILES string of the molecule is COC(C)(C)CNC(=O)c1cc(C#N)n2c(CC3CCC(F)(F)CC3)c(C(C)(F)F)nc2c1. The number of imidazole rings is 1. The maximum Gasteiger partial charge on any atom is 0.288 e. The molecular formula is C23H28F4N4O2. The minimum absolute atomic E-state index is 0.0252. The van der Waals surface area contributed by atoms with Gasteiger partial charge in [0.05, 0.1) is 11.3 Å². The third kappa shape index (κ3) is 5.64. The smallest absolute Gasteiger partial charge is 0.288 e. The van der Waals surface area contributed by atoms with E-state index in [4.69, 9.17) is 4.74 Å². The summed E-state index contributed by atoms with van der Waals surface area (Å²) in [4.78, 5) is 16.7. The number of carbonyl (C=O) groups excluding carboxylic acids is 1. The molecule has 0 atom stereocenters. The Bertz CT molecular complexity index is 1070. The lowest BCUT2D eigenvalue weighted by Gasteiger charge is -2.28. The summed E-state index contributed by atoms with van der Waals surface area (Å²) in [5, 5.41) is 12.4. The van der Waals surface area contributed by atoms with Crippen LogP contribution >= 0.6 is 0 Å². The lowest BCUT2D eigenvalue weighted by Crippen LogP contribution is -2.39. The average Bonchev–Trinajstić information content (AvgIpc) is 3.11. The van der Waals surface area contributed by atoms with Crippen molar-refractivity contribution < 1.29 is 27.1 Å². The highest BCUT2D eigenvalue weighted by Crippen LogP contribution is 2.39. The maximum absolute atomic E-state index is 14.4. The molecule has 0 unspecified atom stereocenters. The fourth-order valence-corrected chi connectivity index (χ4v) is 4.03. The number of amides is 1. The second-order valence-electron chi connectivity index (χ2n) is 9.38. The Kier molecular flexibility index (Phi) is 6.76. The van der Waals surface area contributed by atoms with E-state index >= 15 is 0 Å². The summed E-state index contributed by atoms with van der Waals surface area (Å²) < 4.78 is 62.6. The molecule has 2 aromatic heterocycles. The summed E-state index contributed by atoms with van der Waals surface area (Å²) >= 11 is 0. The lowest BCUT2D eigenvalue weighted by molar-refractivity contribution is -0.0460. The maximum atomic E-state index is 14.4. The van der Waals surface area contributed by atoms with Crippen molar-refractivity contribution in [3.63, 3.8) is 0 Å². The van der Waals surface area contributed by atoms with E-state index in [0.717, 1.165) is 0 Å². The van der Waals surface area contributed by atoms with Crippen LogP contribution in [-0.4, -0.2) is 40.5 Å². The standard InChI is InChI=1S/C23H28F4N4O2/c1-21(2,33-4)13-29-20(32)15-10-16(12-28)31-17(9-14-5-7-23(26,27)8-6-14)19(22(3,24)25)30-18(31)11-15/h10-11,14H,5-9,13H2,1-4H3,(H,29,32). The Morgan fingerprint density at radius 2 is 1.94 bits per heavy atom. The molecule has 33 heavy (non-hydrogen) atoms.